The van der Waals surface area contributed by atoms with Gasteiger partial charge in [0.25, 0.3) is 0 Å². The molecule has 9 heterocycles. The highest BCUT2D eigenvalue weighted by Gasteiger charge is 2.43. The molecular formula is C77H78F4O15S3. The Morgan fingerprint density at radius 2 is 0.879 bits per heavy atom. The minimum absolute atomic E-state index is 0.0885. The van der Waals surface area contributed by atoms with Crippen molar-refractivity contribution in [1.82, 2.24) is 0 Å². The van der Waals surface area contributed by atoms with E-state index < -0.39 is 26.9 Å². The van der Waals surface area contributed by atoms with Crippen LogP contribution in [0.4, 0.5) is 17.6 Å². The number of sulfone groups is 1. The molecule has 0 aromatic heterocycles. The quantitative estimate of drug-likeness (QED) is 0.132. The molecule has 9 aliphatic heterocycles. The summed E-state index contributed by atoms with van der Waals surface area (Å²) >= 11 is 1.76. The van der Waals surface area contributed by atoms with Gasteiger partial charge in [-0.05, 0) is 235 Å². The van der Waals surface area contributed by atoms with Crippen molar-refractivity contribution in [2.24, 2.45) is 0 Å². The zero-order valence-electron chi connectivity index (χ0n) is 56.5. The number of alkyl halides is 2. The normalized spacial score (nSPS) is 16.1. The van der Waals surface area contributed by atoms with Gasteiger partial charge in [-0.1, -0.05) is 83.6 Å². The standard InChI is InChI=1S/C10H11FO.C10H12O.C9H10O.C8H6F2O2.C8H7FO2.C8H8O3S.C8H8O2S.C8H8O2.C8H8OS/c1-7-5-8-3-2-4-12-10(8)9(11)6-7;1-8-4-5-10-9(7-8)3-2-6-11-10;1-7-2-3-9-8(6-7)4-5-10-9;1-5-2-3-6-7(4-5)12-8(9,10)11-6;1-5-2-6(9)8-7(3-5)10-4-11-8;1-6-2-3-7-8(4-6)12(9,10)5-11-7;1-6-2-3-7-8(4-6)11(9)5-10-7;2*1-6-2-3-7-8(4-6)10-5-9-7/h5-6H,2-4H2,1H3;4-5,7H,2-3,6H2,1H3;2-3,6H,4-5H2,1H3;2-4H,1H3;2-3H,4H2,1H3;2-4H,5H2,1H3;2-4H,5H2,1H3;2*2-4H,5H2,1H3. The molecule has 522 valence electrons. The molecule has 9 aliphatic rings. The third kappa shape index (κ3) is 20.0. The molecule has 9 aromatic carbocycles. The molecule has 0 radical (unpaired) electrons. The number of ether oxygens (including phenoxy) is 12. The number of hydrogen-bond acceptors (Lipinski definition) is 16. The molecule has 0 aliphatic carbocycles. The summed E-state index contributed by atoms with van der Waals surface area (Å²) in [5, 5.41) is 0. The first kappa shape index (κ1) is 72.5. The van der Waals surface area contributed by atoms with Crippen LogP contribution < -0.4 is 56.8 Å². The summed E-state index contributed by atoms with van der Waals surface area (Å²) < 4.78 is 145. The van der Waals surface area contributed by atoms with Crippen LogP contribution in [0.1, 0.15) is 79.6 Å². The first-order chi connectivity index (χ1) is 47.4. The maximum Gasteiger partial charge on any atom is 0.586 e. The van der Waals surface area contributed by atoms with Gasteiger partial charge in [0, 0.05) is 6.42 Å². The van der Waals surface area contributed by atoms with Crippen molar-refractivity contribution in [3.63, 3.8) is 0 Å². The lowest BCUT2D eigenvalue weighted by Gasteiger charge is -2.17. The third-order valence-electron chi connectivity index (χ3n) is 15.7. The van der Waals surface area contributed by atoms with E-state index in [2.05, 4.69) is 78.8 Å². The highest BCUT2D eigenvalue weighted by molar-refractivity contribution is 7.99. The maximum absolute atomic E-state index is 13.2. The van der Waals surface area contributed by atoms with Crippen LogP contribution >= 0.6 is 11.8 Å². The average Bonchev–Trinajstić information content (AvgIpc) is 1.68. The number of fused-ring (bicyclic) bond motifs is 9. The van der Waals surface area contributed by atoms with E-state index in [0.717, 1.165) is 118 Å². The molecule has 1 unspecified atom stereocenters. The van der Waals surface area contributed by atoms with Gasteiger partial charge >= 0.3 is 6.29 Å². The van der Waals surface area contributed by atoms with Crippen LogP contribution in [0.25, 0.3) is 0 Å². The number of halogens is 4. The van der Waals surface area contributed by atoms with Gasteiger partial charge in [-0.25, -0.2) is 17.2 Å². The lowest BCUT2D eigenvalue weighted by Crippen LogP contribution is -2.25. The van der Waals surface area contributed by atoms with E-state index in [9.17, 15) is 30.2 Å². The summed E-state index contributed by atoms with van der Waals surface area (Å²) in [5.74, 6) is 7.85. The Balaban J connectivity index is 0.000000121. The molecule has 0 saturated heterocycles. The van der Waals surface area contributed by atoms with E-state index in [1.807, 2.05) is 89.2 Å². The van der Waals surface area contributed by atoms with E-state index in [1.165, 1.54) is 69.0 Å². The maximum atomic E-state index is 13.2. The van der Waals surface area contributed by atoms with Crippen LogP contribution in [0.3, 0.4) is 0 Å². The topological polar surface area (TPSA) is 162 Å². The molecule has 0 saturated carbocycles. The van der Waals surface area contributed by atoms with Gasteiger partial charge in [0.2, 0.25) is 29.2 Å². The summed E-state index contributed by atoms with van der Waals surface area (Å²) in [6, 6.07) is 47.2. The lowest BCUT2D eigenvalue weighted by molar-refractivity contribution is -0.286. The van der Waals surface area contributed by atoms with E-state index in [4.69, 9.17) is 47.4 Å². The molecule has 0 amide bonds. The molecular weight excluding hydrogens is 1340 g/mol. The third-order valence-corrected chi connectivity index (χ3v) is 19.1. The van der Waals surface area contributed by atoms with E-state index >= 15 is 0 Å². The van der Waals surface area contributed by atoms with Crippen LogP contribution in [0.2, 0.25) is 0 Å². The highest BCUT2D eigenvalue weighted by atomic mass is 32.2. The van der Waals surface area contributed by atoms with Crippen molar-refractivity contribution >= 4 is 32.4 Å². The smallest absolute Gasteiger partial charge is 0.493 e. The summed E-state index contributed by atoms with van der Waals surface area (Å²) in [4.78, 5) is 2.44. The van der Waals surface area contributed by atoms with Crippen LogP contribution in [-0.2, 0) is 39.9 Å². The first-order valence-electron chi connectivity index (χ1n) is 32.0. The molecule has 22 heteroatoms. The van der Waals surface area contributed by atoms with E-state index in [0.29, 0.717) is 41.5 Å². The zero-order valence-corrected chi connectivity index (χ0v) is 58.9. The van der Waals surface area contributed by atoms with Crippen molar-refractivity contribution in [3.8, 4) is 69.0 Å². The Morgan fingerprint density at radius 3 is 1.59 bits per heavy atom. The minimum Gasteiger partial charge on any atom is -0.493 e. The zero-order chi connectivity index (χ0) is 70.4. The number of aryl methyl sites for hydroxylation is 11. The van der Waals surface area contributed by atoms with Gasteiger partial charge in [-0.2, -0.15) is 0 Å². The second-order valence-electron chi connectivity index (χ2n) is 24.2. The van der Waals surface area contributed by atoms with Gasteiger partial charge in [0.15, 0.2) is 58.0 Å². The molecule has 1 atom stereocenters. The molecule has 18 rings (SSSR count). The second-order valence-corrected chi connectivity index (χ2v) is 28.4. The molecule has 0 fully saturated rings. The average molecular weight is 1420 g/mol. The molecule has 0 N–H and O–H groups in total. The van der Waals surface area contributed by atoms with E-state index in [1.54, 1.807) is 43.0 Å². The monoisotopic (exact) mass is 1410 g/mol. The van der Waals surface area contributed by atoms with Crippen LogP contribution in [0.5, 0.6) is 69.0 Å². The lowest BCUT2D eigenvalue weighted by atomic mass is 10.0. The van der Waals surface area contributed by atoms with Gasteiger partial charge < -0.3 is 56.8 Å². The van der Waals surface area contributed by atoms with Gasteiger partial charge in [0.05, 0.1) is 40.4 Å². The Bertz CT molecular complexity index is 4360. The Morgan fingerprint density at radius 1 is 0.394 bits per heavy atom. The predicted molar refractivity (Wildman–Crippen MR) is 372 cm³/mol. The molecule has 0 spiro atoms. The fourth-order valence-electron chi connectivity index (χ4n) is 10.8. The number of rotatable bonds is 0. The first-order valence-corrected chi connectivity index (χ1v) is 36.0. The van der Waals surface area contributed by atoms with Crippen LogP contribution in [-0.4, -0.2) is 70.1 Å². The Kier molecular flexibility index (Phi) is 24.2. The highest BCUT2D eigenvalue weighted by Crippen LogP contribution is 2.42. The molecule has 0 bridgehead atoms. The largest absolute Gasteiger partial charge is 0.586 e. The van der Waals surface area contributed by atoms with Crippen molar-refractivity contribution in [2.75, 3.05) is 51.2 Å². The van der Waals surface area contributed by atoms with Gasteiger partial charge in [-0.15, -0.1) is 8.78 Å². The SMILES string of the molecule is Cc1cc(F)c2c(c1)CCCO2.Cc1cc(F)c2c(c1)OCO2.Cc1ccc2c(c1)CCCO2.Cc1ccc2c(c1)CCO2.Cc1ccc2c(c1)OC(F)(F)O2.Cc1ccc2c(c1)OCO2.Cc1ccc2c(c1)S(=O)(=O)CO2.Cc1ccc2c(c1)S(=O)CO2.Cc1ccc2c(c1)SCO2. The summed E-state index contributed by atoms with van der Waals surface area (Å²) in [5.41, 5.74) is 13.6. The Hall–Kier alpha value is -9.25. The number of benzene rings is 9. The molecule has 15 nitrogen and oxygen atoms in total. The fourth-order valence-corrected chi connectivity index (χ4v) is 13.9. The Labute approximate surface area is 581 Å². The predicted octanol–water partition coefficient (Wildman–Crippen LogP) is 17.6. The molecule has 99 heavy (non-hydrogen) atoms. The van der Waals surface area contributed by atoms with E-state index in [-0.39, 0.29) is 41.6 Å². The van der Waals surface area contributed by atoms with Crippen LogP contribution in [0.15, 0.2) is 166 Å². The number of thioether (sulfide) groups is 1. The molecule has 9 aromatic rings. The van der Waals surface area contributed by atoms with Crippen molar-refractivity contribution in [1.29, 1.82) is 0 Å². The van der Waals surface area contributed by atoms with Gasteiger partial charge in [0.1, 0.15) is 39.6 Å². The van der Waals surface area contributed by atoms with Crippen molar-refractivity contribution < 1.29 is 87.0 Å². The summed E-state index contributed by atoms with van der Waals surface area (Å²) in [6.45, 7) is 20.6. The second kappa shape index (κ2) is 33.1. The van der Waals surface area contributed by atoms with Crippen molar-refractivity contribution in [2.45, 2.75) is 115 Å². The number of hydrogen-bond donors (Lipinski definition) is 0. The summed E-state index contributed by atoms with van der Waals surface area (Å²) in [6.07, 6.45) is 1.85. The van der Waals surface area contributed by atoms with Crippen LogP contribution in [0, 0.1) is 73.9 Å². The fraction of sp³-hybridized carbons (Fsp3) is 0.299. The van der Waals surface area contributed by atoms with Crippen molar-refractivity contribution in [3.05, 3.63) is 230 Å². The summed E-state index contributed by atoms with van der Waals surface area (Å²) in [7, 11) is -4.08. The minimum atomic E-state index is -3.50. The van der Waals surface area contributed by atoms with Gasteiger partial charge in [-0.3, -0.25) is 4.21 Å².